The van der Waals surface area contributed by atoms with Crippen LogP contribution in [0.4, 0.5) is 13.2 Å². The van der Waals surface area contributed by atoms with E-state index in [9.17, 15) is 41.1 Å². The standard InChI is InChI=1S/C15H16F3N5O6S3/c1-6-11(21-22-20-6)30-2-7-3-31-13-9(12(25)23(13)10(7)14(26)27)19-8(24)4-32(28,29)5-15(16,17)18/h9,13H,2-5H2,1H3,(H,19,24)(H,26,27)(H,20,21,22)/t9?,13-/m1/s1. The van der Waals surface area contributed by atoms with Crippen LogP contribution in [0.2, 0.25) is 0 Å². The molecule has 0 bridgehead atoms. The van der Waals surface area contributed by atoms with E-state index in [-0.39, 0.29) is 17.2 Å². The lowest BCUT2D eigenvalue weighted by Gasteiger charge is -2.49. The number of sulfone groups is 1. The molecule has 2 amide bonds. The van der Waals surface area contributed by atoms with E-state index in [0.717, 1.165) is 16.7 Å². The zero-order chi connectivity index (χ0) is 23.8. The van der Waals surface area contributed by atoms with Crippen LogP contribution in [0.1, 0.15) is 5.69 Å². The second-order valence-corrected chi connectivity index (χ2v) is 11.0. The monoisotopic (exact) mass is 515 g/mol. The Hall–Kier alpha value is -2.27. The van der Waals surface area contributed by atoms with Crippen molar-refractivity contribution in [3.05, 3.63) is 17.0 Å². The summed E-state index contributed by atoms with van der Waals surface area (Å²) < 4.78 is 59.9. The Labute approximate surface area is 187 Å². The van der Waals surface area contributed by atoms with Crippen molar-refractivity contribution >= 4 is 51.1 Å². The summed E-state index contributed by atoms with van der Waals surface area (Å²) in [4.78, 5) is 37.2. The van der Waals surface area contributed by atoms with Crippen molar-refractivity contribution in [2.75, 3.05) is 23.0 Å². The fourth-order valence-corrected chi connectivity index (χ4v) is 6.54. The molecule has 2 aliphatic rings. The minimum Gasteiger partial charge on any atom is -0.477 e. The molecule has 0 aromatic carbocycles. The van der Waals surface area contributed by atoms with E-state index >= 15 is 0 Å². The van der Waals surface area contributed by atoms with Gasteiger partial charge in [-0.15, -0.1) is 16.9 Å². The van der Waals surface area contributed by atoms with Gasteiger partial charge in [0.25, 0.3) is 5.91 Å². The van der Waals surface area contributed by atoms with Crippen molar-refractivity contribution in [3.63, 3.8) is 0 Å². The molecule has 0 radical (unpaired) electrons. The summed E-state index contributed by atoms with van der Waals surface area (Å²) in [6.07, 6.45) is -5.00. The summed E-state index contributed by atoms with van der Waals surface area (Å²) in [5, 5.41) is 21.7. The first-order chi connectivity index (χ1) is 14.8. The molecule has 1 aromatic heterocycles. The number of carbonyl (C=O) groups is 3. The van der Waals surface area contributed by atoms with Crippen LogP contribution in [-0.4, -0.2) is 92.2 Å². The summed E-state index contributed by atoms with van der Waals surface area (Å²) in [7, 11) is -4.77. The number of hydrogen-bond acceptors (Lipinski definition) is 9. The topological polar surface area (TPSA) is 162 Å². The summed E-state index contributed by atoms with van der Waals surface area (Å²) in [6.45, 7) is 1.71. The summed E-state index contributed by atoms with van der Waals surface area (Å²) in [6, 6.07) is -1.24. The smallest absolute Gasteiger partial charge is 0.402 e. The van der Waals surface area contributed by atoms with Gasteiger partial charge in [-0.1, -0.05) is 11.8 Å². The number of carbonyl (C=O) groups excluding carboxylic acids is 2. The van der Waals surface area contributed by atoms with E-state index in [2.05, 4.69) is 20.7 Å². The van der Waals surface area contributed by atoms with Gasteiger partial charge < -0.3 is 10.4 Å². The highest BCUT2D eigenvalue weighted by Gasteiger charge is 2.54. The zero-order valence-corrected chi connectivity index (χ0v) is 18.6. The van der Waals surface area contributed by atoms with Crippen molar-refractivity contribution in [2.45, 2.75) is 29.5 Å². The molecule has 1 aromatic rings. The van der Waals surface area contributed by atoms with Crippen LogP contribution >= 0.6 is 23.5 Å². The Kier molecular flexibility index (Phi) is 6.80. The highest BCUT2D eigenvalue weighted by atomic mass is 32.2. The number of aromatic nitrogens is 3. The number of amides is 2. The average molecular weight is 516 g/mol. The lowest BCUT2D eigenvalue weighted by Crippen LogP contribution is -2.71. The van der Waals surface area contributed by atoms with Gasteiger partial charge in [0.05, 0.1) is 5.69 Å². The molecule has 1 saturated heterocycles. The van der Waals surface area contributed by atoms with Crippen molar-refractivity contribution < 1.29 is 41.1 Å². The highest BCUT2D eigenvalue weighted by Crippen LogP contribution is 2.41. The quantitative estimate of drug-likeness (QED) is 0.315. The summed E-state index contributed by atoms with van der Waals surface area (Å²) in [5.74, 6) is -6.58. The Morgan fingerprint density at radius 2 is 2.06 bits per heavy atom. The molecule has 0 saturated carbocycles. The van der Waals surface area contributed by atoms with Crippen LogP contribution in [0, 0.1) is 6.92 Å². The van der Waals surface area contributed by atoms with Crippen molar-refractivity contribution in [3.8, 4) is 0 Å². The fourth-order valence-electron chi connectivity index (χ4n) is 3.08. The lowest BCUT2D eigenvalue weighted by molar-refractivity contribution is -0.150. The van der Waals surface area contributed by atoms with Gasteiger partial charge in [-0.05, 0) is 12.5 Å². The third kappa shape index (κ3) is 5.37. The number of β-lactam (4-membered cyclic amide) rings is 1. The van der Waals surface area contributed by atoms with Gasteiger partial charge in [-0.2, -0.15) is 23.5 Å². The van der Waals surface area contributed by atoms with Crippen molar-refractivity contribution in [1.29, 1.82) is 0 Å². The number of nitrogens with zero attached hydrogens (tertiary/aromatic N) is 3. The van der Waals surface area contributed by atoms with Crippen LogP contribution in [0.15, 0.2) is 16.3 Å². The number of hydrogen-bond donors (Lipinski definition) is 3. The van der Waals surface area contributed by atoms with Gasteiger partial charge >= 0.3 is 12.1 Å². The maximum atomic E-state index is 12.5. The molecule has 1 unspecified atom stereocenters. The molecule has 0 aliphatic carbocycles. The van der Waals surface area contributed by atoms with E-state index in [1.807, 2.05) is 0 Å². The van der Waals surface area contributed by atoms with E-state index in [1.165, 1.54) is 11.8 Å². The second kappa shape index (κ2) is 8.93. The number of alkyl halides is 3. The van der Waals surface area contributed by atoms with Crippen molar-refractivity contribution in [1.82, 2.24) is 25.6 Å². The van der Waals surface area contributed by atoms with Gasteiger partial charge in [0.15, 0.2) is 9.84 Å². The van der Waals surface area contributed by atoms with Gasteiger partial charge in [-0.3, -0.25) is 14.5 Å². The number of rotatable bonds is 8. The third-order valence-electron chi connectivity index (χ3n) is 4.36. The Bertz CT molecular complexity index is 1090. The molecule has 3 rings (SSSR count). The maximum Gasteiger partial charge on any atom is 0.402 e. The number of carboxylic acid groups (broad SMARTS) is 1. The summed E-state index contributed by atoms with van der Waals surface area (Å²) >= 11 is 2.37. The average Bonchev–Trinajstić information content (AvgIpc) is 3.05. The number of nitrogens with one attached hydrogen (secondary N) is 2. The molecular weight excluding hydrogens is 499 g/mol. The summed E-state index contributed by atoms with van der Waals surface area (Å²) in [5.41, 5.74) is 0.816. The van der Waals surface area contributed by atoms with Crippen molar-refractivity contribution in [2.24, 2.45) is 0 Å². The normalized spacial score (nSPS) is 21.2. The van der Waals surface area contributed by atoms with Crippen LogP contribution < -0.4 is 5.32 Å². The molecule has 17 heteroatoms. The number of thioether (sulfide) groups is 2. The van der Waals surface area contributed by atoms with Gasteiger partial charge in [0.1, 0.15) is 33.6 Å². The molecule has 1 fully saturated rings. The van der Waals surface area contributed by atoms with Crippen LogP contribution in [0.3, 0.4) is 0 Å². The second-order valence-electron chi connectivity index (χ2n) is 6.86. The predicted octanol–water partition coefficient (Wildman–Crippen LogP) is -0.0791. The predicted molar refractivity (Wildman–Crippen MR) is 106 cm³/mol. The highest BCUT2D eigenvalue weighted by molar-refractivity contribution is 8.01. The van der Waals surface area contributed by atoms with Gasteiger partial charge in [0.2, 0.25) is 5.91 Å². The van der Waals surface area contributed by atoms with E-state index in [0.29, 0.717) is 16.3 Å². The van der Waals surface area contributed by atoms with E-state index < -0.39 is 56.7 Å². The molecule has 176 valence electrons. The van der Waals surface area contributed by atoms with Crippen LogP contribution in [0.25, 0.3) is 0 Å². The Morgan fingerprint density at radius 3 is 2.62 bits per heavy atom. The van der Waals surface area contributed by atoms with Gasteiger partial charge in [0, 0.05) is 11.5 Å². The minimum absolute atomic E-state index is 0.207. The number of aliphatic carboxylic acids is 1. The third-order valence-corrected chi connectivity index (χ3v) is 8.32. The molecule has 2 atom stereocenters. The maximum absolute atomic E-state index is 12.5. The number of fused-ring (bicyclic) bond motifs is 1. The molecule has 3 N–H and O–H groups in total. The molecule has 32 heavy (non-hydrogen) atoms. The first-order valence-electron chi connectivity index (χ1n) is 8.76. The Morgan fingerprint density at radius 1 is 1.38 bits per heavy atom. The molecule has 3 heterocycles. The zero-order valence-electron chi connectivity index (χ0n) is 16.2. The first kappa shape index (κ1) is 24.4. The van der Waals surface area contributed by atoms with Crippen LogP contribution in [-0.2, 0) is 24.2 Å². The number of H-pyrrole nitrogens is 1. The number of halogens is 3. The van der Waals surface area contributed by atoms with E-state index in [1.54, 1.807) is 6.92 Å². The number of aryl methyl sites for hydroxylation is 1. The fraction of sp³-hybridized carbons (Fsp3) is 0.533. The molecule has 0 spiro atoms. The number of carboxylic acids is 1. The van der Waals surface area contributed by atoms with E-state index in [4.69, 9.17) is 0 Å². The molecule has 11 nitrogen and oxygen atoms in total. The SMILES string of the molecule is Cc1n[nH]nc1SCC1=C(C(=O)O)N2C(=O)C(NC(=O)CS(=O)(=O)CC(F)(F)F)[C@H]2SC1. The van der Waals surface area contributed by atoms with Gasteiger partial charge in [-0.25, -0.2) is 13.2 Å². The minimum atomic E-state index is -5.00. The lowest BCUT2D eigenvalue weighted by atomic mass is 10.0. The number of aromatic amines is 1. The Balaban J connectivity index is 1.67. The first-order valence-corrected chi connectivity index (χ1v) is 12.6. The van der Waals surface area contributed by atoms with Crippen LogP contribution in [0.5, 0.6) is 0 Å². The largest absolute Gasteiger partial charge is 0.477 e. The molecular formula is C15H16F3N5O6S3. The molecule has 2 aliphatic heterocycles.